The molecule has 2 aromatic rings. The number of hydrogen-bond acceptors (Lipinski definition) is 2. The van der Waals surface area contributed by atoms with Gasteiger partial charge >= 0.3 is 0 Å². The number of rotatable bonds is 5. The van der Waals surface area contributed by atoms with Crippen LogP contribution in [0.2, 0.25) is 0 Å². The number of hydrogen-bond donors (Lipinski definition) is 2. The van der Waals surface area contributed by atoms with E-state index in [0.29, 0.717) is 6.42 Å². The molecule has 0 spiro atoms. The fourth-order valence-corrected chi connectivity index (χ4v) is 2.25. The van der Waals surface area contributed by atoms with Crippen LogP contribution in [0.3, 0.4) is 0 Å². The number of benzene rings is 2. The Balaban J connectivity index is 1.99. The minimum Gasteiger partial charge on any atom is -0.379 e. The van der Waals surface area contributed by atoms with Gasteiger partial charge in [-0.15, -0.1) is 0 Å². The van der Waals surface area contributed by atoms with Crippen molar-refractivity contribution in [1.82, 2.24) is 0 Å². The second kappa shape index (κ2) is 7.27. The van der Waals surface area contributed by atoms with E-state index in [1.807, 2.05) is 43.3 Å². The van der Waals surface area contributed by atoms with Crippen molar-refractivity contribution in [2.24, 2.45) is 0 Å². The summed E-state index contributed by atoms with van der Waals surface area (Å²) >= 11 is 3.44. The lowest BCUT2D eigenvalue weighted by Crippen LogP contribution is -2.10. The normalized spacial score (nSPS) is 11.8. The van der Waals surface area contributed by atoms with E-state index in [-0.39, 0.29) is 11.9 Å². The molecular weight excluding hydrogens is 328 g/mol. The van der Waals surface area contributed by atoms with Crippen molar-refractivity contribution < 1.29 is 4.79 Å². The first-order valence-electron chi connectivity index (χ1n) is 7.00. The van der Waals surface area contributed by atoms with Crippen molar-refractivity contribution in [2.45, 2.75) is 26.3 Å². The van der Waals surface area contributed by atoms with Crippen molar-refractivity contribution in [3.8, 4) is 0 Å². The van der Waals surface area contributed by atoms with Crippen LogP contribution in [0.1, 0.15) is 31.9 Å². The molecule has 4 heteroatoms. The van der Waals surface area contributed by atoms with Gasteiger partial charge in [-0.05, 0) is 48.9 Å². The van der Waals surface area contributed by atoms with E-state index in [0.717, 1.165) is 15.8 Å². The molecule has 0 bridgehead atoms. The molecule has 0 saturated carbocycles. The summed E-state index contributed by atoms with van der Waals surface area (Å²) in [5.74, 6) is 0.0268. The average molecular weight is 347 g/mol. The highest BCUT2D eigenvalue weighted by Gasteiger charge is 2.05. The molecule has 3 nitrogen and oxygen atoms in total. The lowest BCUT2D eigenvalue weighted by Gasteiger charge is -2.16. The van der Waals surface area contributed by atoms with Gasteiger partial charge in [0, 0.05) is 28.3 Å². The summed E-state index contributed by atoms with van der Waals surface area (Å²) in [5, 5.41) is 6.28. The Bertz CT molecular complexity index is 593. The lowest BCUT2D eigenvalue weighted by molar-refractivity contribution is -0.115. The Morgan fingerprint density at radius 2 is 1.62 bits per heavy atom. The smallest absolute Gasteiger partial charge is 0.224 e. The Kier molecular flexibility index (Phi) is 5.39. The van der Waals surface area contributed by atoms with Gasteiger partial charge in [0.1, 0.15) is 0 Å². The van der Waals surface area contributed by atoms with Crippen LogP contribution in [0.5, 0.6) is 0 Å². The van der Waals surface area contributed by atoms with Crippen LogP contribution in [0.4, 0.5) is 11.4 Å². The molecule has 21 heavy (non-hydrogen) atoms. The molecule has 0 saturated heterocycles. The van der Waals surface area contributed by atoms with Gasteiger partial charge in [-0.25, -0.2) is 0 Å². The monoisotopic (exact) mass is 346 g/mol. The van der Waals surface area contributed by atoms with Gasteiger partial charge in [0.05, 0.1) is 0 Å². The van der Waals surface area contributed by atoms with Crippen LogP contribution in [-0.2, 0) is 4.79 Å². The molecule has 1 unspecified atom stereocenters. The largest absolute Gasteiger partial charge is 0.379 e. The fourth-order valence-electron chi connectivity index (χ4n) is 1.98. The van der Waals surface area contributed by atoms with Crippen molar-refractivity contribution in [2.75, 3.05) is 10.6 Å². The van der Waals surface area contributed by atoms with Crippen molar-refractivity contribution in [1.29, 1.82) is 0 Å². The van der Waals surface area contributed by atoms with Gasteiger partial charge in [-0.2, -0.15) is 0 Å². The zero-order chi connectivity index (χ0) is 15.2. The number of anilines is 2. The molecule has 0 heterocycles. The molecule has 0 aromatic heterocycles. The summed E-state index contributed by atoms with van der Waals surface area (Å²) in [6.07, 6.45) is 0.487. The minimum atomic E-state index is 0.0268. The molecule has 1 amide bonds. The molecular formula is C17H19BrN2O. The molecule has 2 N–H and O–H groups in total. The predicted molar refractivity (Wildman–Crippen MR) is 91.5 cm³/mol. The van der Waals surface area contributed by atoms with Crippen molar-refractivity contribution >= 4 is 33.2 Å². The fraction of sp³-hybridized carbons (Fsp3) is 0.235. The van der Waals surface area contributed by atoms with Gasteiger partial charge in [-0.3, -0.25) is 4.79 Å². The zero-order valence-corrected chi connectivity index (χ0v) is 13.8. The third-order valence-corrected chi connectivity index (χ3v) is 3.77. The molecule has 110 valence electrons. The van der Waals surface area contributed by atoms with Gasteiger partial charge in [-0.1, -0.05) is 35.0 Å². The summed E-state index contributed by atoms with van der Waals surface area (Å²) in [4.78, 5) is 11.3. The summed E-state index contributed by atoms with van der Waals surface area (Å²) in [6, 6.07) is 16.2. The van der Waals surface area contributed by atoms with Gasteiger partial charge in [0.2, 0.25) is 5.91 Å². The first-order valence-corrected chi connectivity index (χ1v) is 7.79. The molecule has 0 aliphatic rings. The Morgan fingerprint density at radius 3 is 2.19 bits per heavy atom. The van der Waals surface area contributed by atoms with E-state index in [9.17, 15) is 4.79 Å². The summed E-state index contributed by atoms with van der Waals surface area (Å²) < 4.78 is 1.08. The van der Waals surface area contributed by atoms with Crippen LogP contribution in [-0.4, -0.2) is 5.91 Å². The van der Waals surface area contributed by atoms with E-state index in [2.05, 4.69) is 45.6 Å². The third-order valence-electron chi connectivity index (χ3n) is 3.24. The van der Waals surface area contributed by atoms with E-state index >= 15 is 0 Å². The highest BCUT2D eigenvalue weighted by molar-refractivity contribution is 9.10. The molecule has 0 radical (unpaired) electrons. The molecule has 0 aliphatic carbocycles. The summed E-state index contributed by atoms with van der Waals surface area (Å²) in [6.45, 7) is 3.96. The lowest BCUT2D eigenvalue weighted by atomic mass is 10.1. The van der Waals surface area contributed by atoms with E-state index in [1.165, 1.54) is 5.56 Å². The Hall–Kier alpha value is -1.81. The van der Waals surface area contributed by atoms with Crippen LogP contribution < -0.4 is 10.6 Å². The van der Waals surface area contributed by atoms with Crippen LogP contribution in [0.15, 0.2) is 53.0 Å². The average Bonchev–Trinajstić information content (AvgIpc) is 2.49. The maximum atomic E-state index is 11.3. The van der Waals surface area contributed by atoms with E-state index in [4.69, 9.17) is 0 Å². The predicted octanol–water partition coefficient (Wildman–Crippen LogP) is 4.97. The highest BCUT2D eigenvalue weighted by atomic mass is 79.9. The highest BCUT2D eigenvalue weighted by Crippen LogP contribution is 2.22. The summed E-state index contributed by atoms with van der Waals surface area (Å²) in [5.41, 5.74) is 3.07. The second-order valence-corrected chi connectivity index (χ2v) is 5.81. The zero-order valence-electron chi connectivity index (χ0n) is 12.2. The SMILES string of the molecule is CCC(=O)Nc1ccc(NC(C)c2ccc(Br)cc2)cc1. The summed E-state index contributed by atoms with van der Waals surface area (Å²) in [7, 11) is 0. The molecule has 0 fully saturated rings. The Labute approximate surface area is 133 Å². The quantitative estimate of drug-likeness (QED) is 0.802. The molecule has 0 aliphatic heterocycles. The Morgan fingerprint density at radius 1 is 1.05 bits per heavy atom. The first-order chi connectivity index (χ1) is 10.1. The number of carbonyl (C=O) groups excluding carboxylic acids is 1. The van der Waals surface area contributed by atoms with Gasteiger partial charge in [0.15, 0.2) is 0 Å². The number of amides is 1. The number of nitrogens with one attached hydrogen (secondary N) is 2. The van der Waals surface area contributed by atoms with E-state index < -0.39 is 0 Å². The second-order valence-electron chi connectivity index (χ2n) is 4.90. The maximum Gasteiger partial charge on any atom is 0.224 e. The van der Waals surface area contributed by atoms with Crippen LogP contribution in [0, 0.1) is 0 Å². The number of halogens is 1. The van der Waals surface area contributed by atoms with Crippen molar-refractivity contribution in [3.63, 3.8) is 0 Å². The molecule has 2 rings (SSSR count). The van der Waals surface area contributed by atoms with Crippen molar-refractivity contribution in [3.05, 3.63) is 58.6 Å². The van der Waals surface area contributed by atoms with E-state index in [1.54, 1.807) is 0 Å². The number of carbonyl (C=O) groups is 1. The van der Waals surface area contributed by atoms with Crippen LogP contribution in [0.25, 0.3) is 0 Å². The van der Waals surface area contributed by atoms with Crippen LogP contribution >= 0.6 is 15.9 Å². The van der Waals surface area contributed by atoms with Gasteiger partial charge < -0.3 is 10.6 Å². The van der Waals surface area contributed by atoms with Gasteiger partial charge in [0.25, 0.3) is 0 Å². The maximum absolute atomic E-state index is 11.3. The third kappa shape index (κ3) is 4.60. The molecule has 1 atom stereocenters. The minimum absolute atomic E-state index is 0.0268. The molecule has 2 aromatic carbocycles. The first kappa shape index (κ1) is 15.6. The standard InChI is InChI=1S/C17H19BrN2O/c1-3-17(21)20-16-10-8-15(9-11-16)19-12(2)13-4-6-14(18)7-5-13/h4-12,19H,3H2,1-2H3,(H,20,21). The topological polar surface area (TPSA) is 41.1 Å².